The van der Waals surface area contributed by atoms with E-state index in [0.29, 0.717) is 20.3 Å². The smallest absolute Gasteiger partial charge is 0.234 e. The molecule has 35 heavy (non-hydrogen) atoms. The Morgan fingerprint density at radius 1 is 1.23 bits per heavy atom. The highest BCUT2D eigenvalue weighted by atomic mass is 32.2. The number of nitrogens with two attached hydrogens (primary N) is 2. The Morgan fingerprint density at radius 3 is 2.63 bits per heavy atom. The van der Waals surface area contributed by atoms with Crippen molar-refractivity contribution in [2.24, 2.45) is 17.4 Å². The van der Waals surface area contributed by atoms with Gasteiger partial charge < -0.3 is 16.8 Å². The lowest BCUT2D eigenvalue weighted by molar-refractivity contribution is -0.117. The minimum atomic E-state index is -3.87. The zero-order valence-corrected chi connectivity index (χ0v) is 22.4. The van der Waals surface area contributed by atoms with E-state index in [4.69, 9.17) is 16.9 Å². The van der Waals surface area contributed by atoms with Crippen LogP contribution in [-0.4, -0.2) is 43.8 Å². The molecule has 1 atom stereocenters. The number of thiophene rings is 1. The fraction of sp³-hybridized carbons (Fsp3) is 0.261. The fourth-order valence-electron chi connectivity index (χ4n) is 3.62. The minimum Gasteiger partial charge on any atom is -0.383 e. The van der Waals surface area contributed by atoms with Gasteiger partial charge in [-0.2, -0.15) is 0 Å². The normalized spacial score (nSPS) is 15.8. The van der Waals surface area contributed by atoms with Crippen molar-refractivity contribution in [2.75, 3.05) is 17.8 Å². The second-order valence-corrected chi connectivity index (χ2v) is 12.8. The van der Waals surface area contributed by atoms with E-state index in [-0.39, 0.29) is 39.0 Å². The van der Waals surface area contributed by atoms with Crippen LogP contribution in [0.3, 0.4) is 0 Å². The zero-order chi connectivity index (χ0) is 25.8. The first-order valence-corrected chi connectivity index (χ1v) is 15.2. The maximum atomic E-state index is 13.5. The maximum Gasteiger partial charge on any atom is 0.234 e. The Kier molecular flexibility index (Phi) is 8.86. The summed E-state index contributed by atoms with van der Waals surface area (Å²) in [6.07, 6.45) is 6.30. The number of carbonyl (C=O) groups excluding carboxylic acids is 2. The van der Waals surface area contributed by atoms with E-state index >= 15 is 0 Å². The molecule has 186 valence electrons. The van der Waals surface area contributed by atoms with Crippen molar-refractivity contribution >= 4 is 67.9 Å². The number of nitrogens with one attached hydrogen (secondary N) is 2. The first-order chi connectivity index (χ1) is 16.5. The molecule has 2 amide bonds. The molecule has 1 aliphatic rings. The molecule has 0 spiro atoms. The lowest BCUT2D eigenvalue weighted by Gasteiger charge is -2.23. The number of amidine groups is 1. The van der Waals surface area contributed by atoms with Gasteiger partial charge in [-0.3, -0.25) is 15.0 Å². The van der Waals surface area contributed by atoms with E-state index < -0.39 is 15.7 Å². The van der Waals surface area contributed by atoms with Gasteiger partial charge in [0, 0.05) is 5.70 Å². The van der Waals surface area contributed by atoms with E-state index in [1.165, 1.54) is 35.2 Å². The number of thioether (sulfide) groups is 2. The lowest BCUT2D eigenvalue weighted by atomic mass is 9.86. The highest BCUT2D eigenvalue weighted by Crippen LogP contribution is 2.38. The van der Waals surface area contributed by atoms with Gasteiger partial charge in [-0.25, -0.2) is 8.42 Å². The molecule has 1 aromatic carbocycles. The van der Waals surface area contributed by atoms with Crippen LogP contribution in [0.5, 0.6) is 0 Å². The summed E-state index contributed by atoms with van der Waals surface area (Å²) in [5.41, 5.74) is 12.8. The van der Waals surface area contributed by atoms with Gasteiger partial charge in [0.25, 0.3) is 0 Å². The molecular weight excluding hydrogens is 525 g/mol. The topological polar surface area (TPSA) is 156 Å². The van der Waals surface area contributed by atoms with Gasteiger partial charge in [-0.05, 0) is 54.0 Å². The number of amides is 2. The van der Waals surface area contributed by atoms with Gasteiger partial charge in [0.05, 0.1) is 30.4 Å². The van der Waals surface area contributed by atoms with Crippen LogP contribution in [0, 0.1) is 11.3 Å². The van der Waals surface area contributed by atoms with Crippen LogP contribution in [0.2, 0.25) is 0 Å². The number of primary amides is 1. The summed E-state index contributed by atoms with van der Waals surface area (Å²) in [6.45, 7) is 2.01. The van der Waals surface area contributed by atoms with Gasteiger partial charge in [0.15, 0.2) is 0 Å². The molecule has 0 aliphatic heterocycles. The fourth-order valence-corrected chi connectivity index (χ4v) is 8.08. The Hall–Kier alpha value is -2.54. The number of benzene rings is 1. The van der Waals surface area contributed by atoms with Crippen LogP contribution in [0.25, 0.3) is 5.57 Å². The van der Waals surface area contributed by atoms with Gasteiger partial charge in [0.1, 0.15) is 5.84 Å². The standard InChI is InChI=1S/C23H26N4O4S4/c1-13-5-3-8-16(27-20(29)12-33-11-19(24)28)21(13)14-6-4-7-15(9-14)35(30,31)18-10-17(22(25)26)34-23(18)32-2/h3-4,6-10,13H,5,11-12H2,1-2H3,(H2,24,28)(H3,25,26)(H,27,29). The van der Waals surface area contributed by atoms with Crippen molar-refractivity contribution in [3.63, 3.8) is 0 Å². The number of carbonyl (C=O) groups is 2. The second-order valence-electron chi connectivity index (χ2n) is 7.79. The zero-order valence-electron chi connectivity index (χ0n) is 19.2. The molecule has 1 aliphatic carbocycles. The SMILES string of the molecule is CSc1sc(C(=N)N)cc1S(=O)(=O)c1cccc(C2=C(NC(=O)CSCC(N)=O)C=CCC2C)c1. The molecule has 0 saturated heterocycles. The summed E-state index contributed by atoms with van der Waals surface area (Å²) in [5.74, 6) is -0.771. The minimum absolute atomic E-state index is 0.0405. The van der Waals surface area contributed by atoms with Crippen molar-refractivity contribution in [3.05, 3.63) is 58.6 Å². The highest BCUT2D eigenvalue weighted by Gasteiger charge is 2.27. The average Bonchev–Trinajstić information content (AvgIpc) is 3.25. The number of hydrogen-bond acceptors (Lipinski definition) is 8. The predicted octanol–water partition coefficient (Wildman–Crippen LogP) is 3.23. The van der Waals surface area contributed by atoms with Crippen LogP contribution < -0.4 is 16.8 Å². The van der Waals surface area contributed by atoms with Crippen LogP contribution in [0.15, 0.2) is 62.2 Å². The monoisotopic (exact) mass is 550 g/mol. The number of hydrogen-bond donors (Lipinski definition) is 4. The van der Waals surface area contributed by atoms with Crippen molar-refractivity contribution in [1.82, 2.24) is 5.32 Å². The Bertz CT molecular complexity index is 1330. The van der Waals surface area contributed by atoms with Gasteiger partial charge in [0.2, 0.25) is 21.7 Å². The van der Waals surface area contributed by atoms with Crippen LogP contribution in [0.4, 0.5) is 0 Å². The molecule has 2 aromatic rings. The summed E-state index contributed by atoms with van der Waals surface area (Å²) >= 11 is 3.60. The summed E-state index contributed by atoms with van der Waals surface area (Å²) in [4.78, 5) is 24.0. The van der Waals surface area contributed by atoms with Crippen molar-refractivity contribution < 1.29 is 18.0 Å². The molecule has 1 heterocycles. The molecule has 0 radical (unpaired) electrons. The first-order valence-electron chi connectivity index (χ1n) is 10.5. The van der Waals surface area contributed by atoms with Crippen LogP contribution >= 0.6 is 34.9 Å². The van der Waals surface area contributed by atoms with Crippen molar-refractivity contribution in [3.8, 4) is 0 Å². The summed E-state index contributed by atoms with van der Waals surface area (Å²) in [6, 6.07) is 8.10. The molecule has 1 unspecified atom stereocenters. The van der Waals surface area contributed by atoms with Gasteiger partial charge >= 0.3 is 0 Å². The number of rotatable bonds is 10. The molecule has 12 heteroatoms. The second kappa shape index (κ2) is 11.5. The molecule has 0 bridgehead atoms. The van der Waals surface area contributed by atoms with Crippen LogP contribution in [-0.2, 0) is 19.4 Å². The third kappa shape index (κ3) is 6.37. The Labute approximate surface area is 217 Å². The maximum absolute atomic E-state index is 13.5. The van der Waals surface area contributed by atoms with E-state index in [0.717, 1.165) is 23.8 Å². The predicted molar refractivity (Wildman–Crippen MR) is 144 cm³/mol. The third-order valence-corrected chi connectivity index (χ3v) is 10.5. The number of nitrogen functional groups attached to an aromatic ring is 1. The quantitative estimate of drug-likeness (QED) is 0.201. The summed E-state index contributed by atoms with van der Waals surface area (Å²) in [7, 11) is -3.87. The van der Waals surface area contributed by atoms with E-state index in [1.807, 2.05) is 25.1 Å². The highest BCUT2D eigenvalue weighted by molar-refractivity contribution is 8.01. The summed E-state index contributed by atoms with van der Waals surface area (Å²) < 4.78 is 27.6. The lowest BCUT2D eigenvalue weighted by Crippen LogP contribution is -2.27. The molecule has 8 nitrogen and oxygen atoms in total. The van der Waals surface area contributed by atoms with Gasteiger partial charge in [-0.15, -0.1) is 34.9 Å². The molecule has 0 saturated carbocycles. The largest absolute Gasteiger partial charge is 0.383 e. The molecule has 0 fully saturated rings. The third-order valence-electron chi connectivity index (χ3n) is 5.17. The van der Waals surface area contributed by atoms with E-state index in [9.17, 15) is 18.0 Å². The van der Waals surface area contributed by atoms with E-state index in [2.05, 4.69) is 5.32 Å². The van der Waals surface area contributed by atoms with Crippen LogP contribution in [0.1, 0.15) is 23.8 Å². The number of sulfone groups is 1. The Balaban J connectivity index is 1.99. The van der Waals surface area contributed by atoms with Crippen molar-refractivity contribution in [1.29, 1.82) is 5.41 Å². The van der Waals surface area contributed by atoms with E-state index in [1.54, 1.807) is 18.4 Å². The van der Waals surface area contributed by atoms with Gasteiger partial charge in [-0.1, -0.05) is 25.1 Å². The molecule has 3 rings (SSSR count). The first kappa shape index (κ1) is 27.1. The average molecular weight is 551 g/mol. The van der Waals surface area contributed by atoms with Crippen molar-refractivity contribution in [2.45, 2.75) is 27.3 Å². The summed E-state index contributed by atoms with van der Waals surface area (Å²) in [5, 5.41) is 10.6. The number of allylic oxidation sites excluding steroid dienone is 3. The molecular formula is C23H26N4O4S4. The Morgan fingerprint density at radius 2 is 1.97 bits per heavy atom. The molecule has 6 N–H and O–H groups in total. The molecule has 1 aromatic heterocycles.